The predicted molar refractivity (Wildman–Crippen MR) is 83.3 cm³/mol. The molecule has 0 atom stereocenters. The summed E-state index contributed by atoms with van der Waals surface area (Å²) in [5.74, 6) is 0.555. The molecule has 0 amide bonds. The smallest absolute Gasteiger partial charge is 0.145 e. The summed E-state index contributed by atoms with van der Waals surface area (Å²) in [5, 5.41) is 14.2. The minimum atomic E-state index is 0.364. The van der Waals surface area contributed by atoms with E-state index in [0.717, 1.165) is 31.6 Å². The molecule has 1 aromatic heterocycles. The second-order valence-electron chi connectivity index (χ2n) is 5.21. The lowest BCUT2D eigenvalue weighted by atomic mass is 10.0. The third kappa shape index (κ3) is 2.81. The molecule has 1 aliphatic rings. The molecule has 0 aliphatic carbocycles. The van der Waals surface area contributed by atoms with Gasteiger partial charge in [-0.15, -0.1) is 0 Å². The number of anilines is 2. The highest BCUT2D eigenvalue weighted by Crippen LogP contribution is 2.30. The molecule has 2 aromatic rings. The van der Waals surface area contributed by atoms with E-state index in [9.17, 15) is 5.26 Å². The summed E-state index contributed by atoms with van der Waals surface area (Å²) in [4.78, 5) is 2.22. The minimum absolute atomic E-state index is 0.364. The Morgan fingerprint density at radius 3 is 2.67 bits per heavy atom. The van der Waals surface area contributed by atoms with Crippen LogP contribution in [0.1, 0.15) is 24.4 Å². The zero-order chi connectivity index (χ0) is 14.8. The number of aromatic nitrogens is 2. The lowest BCUT2D eigenvalue weighted by Crippen LogP contribution is -2.35. The molecule has 5 nitrogen and oxygen atoms in total. The van der Waals surface area contributed by atoms with Crippen molar-refractivity contribution >= 4 is 23.1 Å². The monoisotopic (exact) mass is 301 g/mol. The van der Waals surface area contributed by atoms with Gasteiger partial charge in [-0.3, -0.25) is 4.68 Å². The summed E-state index contributed by atoms with van der Waals surface area (Å²) in [6, 6.07) is 9.81. The Bertz CT molecular complexity index is 680. The van der Waals surface area contributed by atoms with Crippen molar-refractivity contribution in [2.24, 2.45) is 0 Å². The zero-order valence-electron chi connectivity index (χ0n) is 11.5. The molecule has 0 spiro atoms. The minimum Gasteiger partial charge on any atom is -0.382 e. The van der Waals surface area contributed by atoms with Crippen molar-refractivity contribution < 1.29 is 0 Å². The Kier molecular flexibility index (Phi) is 3.72. The fraction of sp³-hybridized carbons (Fsp3) is 0.333. The van der Waals surface area contributed by atoms with E-state index in [1.54, 1.807) is 12.1 Å². The summed E-state index contributed by atoms with van der Waals surface area (Å²) in [6.07, 6.45) is 3.87. The van der Waals surface area contributed by atoms with Crippen LogP contribution in [0.4, 0.5) is 11.5 Å². The van der Waals surface area contributed by atoms with Gasteiger partial charge in [0.25, 0.3) is 0 Å². The largest absolute Gasteiger partial charge is 0.382 e. The Hall–Kier alpha value is -2.19. The third-order valence-electron chi connectivity index (χ3n) is 3.89. The quantitative estimate of drug-likeness (QED) is 0.926. The average Bonchev–Trinajstić information content (AvgIpc) is 2.94. The van der Waals surface area contributed by atoms with Crippen molar-refractivity contribution in [3.8, 4) is 6.07 Å². The Morgan fingerprint density at radius 1 is 1.29 bits per heavy atom. The molecule has 3 rings (SSSR count). The summed E-state index contributed by atoms with van der Waals surface area (Å²) in [6.45, 7) is 1.75. The molecule has 21 heavy (non-hydrogen) atoms. The van der Waals surface area contributed by atoms with Gasteiger partial charge in [-0.25, -0.2) is 0 Å². The molecule has 0 saturated carbocycles. The van der Waals surface area contributed by atoms with Crippen LogP contribution < -0.4 is 10.6 Å². The van der Waals surface area contributed by atoms with E-state index in [1.807, 2.05) is 23.0 Å². The third-order valence-corrected chi connectivity index (χ3v) is 4.12. The fourth-order valence-corrected chi connectivity index (χ4v) is 2.95. The van der Waals surface area contributed by atoms with Crippen molar-refractivity contribution in [3.63, 3.8) is 0 Å². The van der Waals surface area contributed by atoms with Gasteiger partial charge in [0.2, 0.25) is 0 Å². The summed E-state index contributed by atoms with van der Waals surface area (Å²) in [7, 11) is 0. The Balaban J connectivity index is 1.74. The van der Waals surface area contributed by atoms with Gasteiger partial charge in [0.05, 0.1) is 17.3 Å². The number of piperidine rings is 1. The lowest BCUT2D eigenvalue weighted by molar-refractivity contribution is 0.368. The van der Waals surface area contributed by atoms with Gasteiger partial charge >= 0.3 is 0 Å². The molecule has 108 valence electrons. The van der Waals surface area contributed by atoms with E-state index < -0.39 is 0 Å². The van der Waals surface area contributed by atoms with Crippen molar-refractivity contribution in [1.82, 2.24) is 9.78 Å². The SMILES string of the molecule is N#Cc1ccc(Cl)cc1N1CCC(n2ccc(N)n2)CC1. The molecule has 6 heteroatoms. The van der Waals surface area contributed by atoms with Crippen LogP contribution >= 0.6 is 11.6 Å². The van der Waals surface area contributed by atoms with E-state index in [0.29, 0.717) is 22.4 Å². The van der Waals surface area contributed by atoms with Gasteiger partial charge in [-0.05, 0) is 37.1 Å². The molecule has 2 heterocycles. The van der Waals surface area contributed by atoms with Gasteiger partial charge < -0.3 is 10.6 Å². The van der Waals surface area contributed by atoms with E-state index >= 15 is 0 Å². The number of nitrogens with two attached hydrogens (primary N) is 1. The first-order valence-corrected chi connectivity index (χ1v) is 7.30. The first-order chi connectivity index (χ1) is 10.2. The molecule has 1 aliphatic heterocycles. The topological polar surface area (TPSA) is 70.9 Å². The number of hydrogen-bond donors (Lipinski definition) is 1. The molecule has 0 unspecified atom stereocenters. The van der Waals surface area contributed by atoms with Gasteiger partial charge in [0.15, 0.2) is 0 Å². The van der Waals surface area contributed by atoms with Crippen LogP contribution in [-0.2, 0) is 0 Å². The number of nitriles is 1. The molecular weight excluding hydrogens is 286 g/mol. The molecule has 0 radical (unpaired) electrons. The first kappa shape index (κ1) is 13.8. The van der Waals surface area contributed by atoms with E-state index in [-0.39, 0.29) is 0 Å². The van der Waals surface area contributed by atoms with Gasteiger partial charge in [0.1, 0.15) is 11.9 Å². The summed E-state index contributed by atoms with van der Waals surface area (Å²) in [5.41, 5.74) is 7.25. The normalized spacial score (nSPS) is 15.9. The van der Waals surface area contributed by atoms with Gasteiger partial charge in [-0.1, -0.05) is 11.6 Å². The number of halogens is 1. The highest BCUT2D eigenvalue weighted by molar-refractivity contribution is 6.30. The van der Waals surface area contributed by atoms with Gasteiger partial charge in [0, 0.05) is 24.3 Å². The molecule has 1 aromatic carbocycles. The number of nitrogen functional groups attached to an aromatic ring is 1. The lowest BCUT2D eigenvalue weighted by Gasteiger charge is -2.34. The first-order valence-electron chi connectivity index (χ1n) is 6.92. The van der Waals surface area contributed by atoms with E-state index in [4.69, 9.17) is 17.3 Å². The van der Waals surface area contributed by atoms with Crippen molar-refractivity contribution in [3.05, 3.63) is 41.0 Å². The maximum Gasteiger partial charge on any atom is 0.145 e. The second kappa shape index (κ2) is 5.66. The summed E-state index contributed by atoms with van der Waals surface area (Å²) < 4.78 is 1.94. The second-order valence-corrected chi connectivity index (χ2v) is 5.65. The van der Waals surface area contributed by atoms with E-state index in [1.165, 1.54) is 0 Å². The van der Waals surface area contributed by atoms with Crippen molar-refractivity contribution in [1.29, 1.82) is 5.26 Å². The van der Waals surface area contributed by atoms with Crippen LogP contribution in [0.25, 0.3) is 0 Å². The molecule has 1 fully saturated rings. The number of nitrogens with zero attached hydrogens (tertiary/aromatic N) is 4. The standard InChI is InChI=1S/C15H16ClN5/c16-12-2-1-11(10-17)14(9-12)20-6-3-13(4-7-20)21-8-5-15(18)19-21/h1-2,5,8-9,13H,3-4,6-7H2,(H2,18,19). The van der Waals surface area contributed by atoms with E-state index in [2.05, 4.69) is 16.1 Å². The highest BCUT2D eigenvalue weighted by Gasteiger charge is 2.22. The van der Waals surface area contributed by atoms with Crippen LogP contribution in [0, 0.1) is 11.3 Å². The summed E-state index contributed by atoms with van der Waals surface area (Å²) >= 11 is 6.06. The van der Waals surface area contributed by atoms with Crippen LogP contribution in [-0.4, -0.2) is 22.9 Å². The van der Waals surface area contributed by atoms with Crippen LogP contribution in [0.3, 0.4) is 0 Å². The molecule has 2 N–H and O–H groups in total. The fourth-order valence-electron chi connectivity index (χ4n) is 2.79. The molecule has 0 bridgehead atoms. The predicted octanol–water partition coefficient (Wildman–Crippen LogP) is 2.83. The molecule has 1 saturated heterocycles. The maximum atomic E-state index is 9.22. The highest BCUT2D eigenvalue weighted by atomic mass is 35.5. The number of hydrogen-bond acceptors (Lipinski definition) is 4. The van der Waals surface area contributed by atoms with Crippen LogP contribution in [0.2, 0.25) is 5.02 Å². The van der Waals surface area contributed by atoms with Crippen LogP contribution in [0.15, 0.2) is 30.5 Å². The van der Waals surface area contributed by atoms with Crippen molar-refractivity contribution in [2.45, 2.75) is 18.9 Å². The Labute approximate surface area is 128 Å². The van der Waals surface area contributed by atoms with Gasteiger partial charge in [-0.2, -0.15) is 10.4 Å². The number of rotatable bonds is 2. The maximum absolute atomic E-state index is 9.22. The Morgan fingerprint density at radius 2 is 2.05 bits per heavy atom. The van der Waals surface area contributed by atoms with Crippen LogP contribution in [0.5, 0.6) is 0 Å². The van der Waals surface area contributed by atoms with Crippen molar-refractivity contribution in [2.75, 3.05) is 23.7 Å². The zero-order valence-corrected chi connectivity index (χ0v) is 12.3. The number of benzene rings is 1. The molecular formula is C15H16ClN5. The average molecular weight is 302 g/mol.